The van der Waals surface area contributed by atoms with E-state index in [1.807, 2.05) is 18.2 Å². The Balaban J connectivity index is 1.80. The molecule has 0 aliphatic carbocycles. The van der Waals surface area contributed by atoms with E-state index in [9.17, 15) is 10.2 Å². The van der Waals surface area contributed by atoms with E-state index in [-0.39, 0.29) is 5.89 Å². The zero-order valence-electron chi connectivity index (χ0n) is 21.2. The van der Waals surface area contributed by atoms with E-state index in [4.69, 9.17) is 4.52 Å². The molecule has 1 fully saturated rings. The summed E-state index contributed by atoms with van der Waals surface area (Å²) >= 11 is 0. The Bertz CT molecular complexity index is 1140. The van der Waals surface area contributed by atoms with E-state index in [0.29, 0.717) is 28.9 Å². The molecule has 4 rings (SSSR count). The minimum absolute atomic E-state index is 0.131. The van der Waals surface area contributed by atoms with Crippen molar-refractivity contribution in [1.82, 2.24) is 20.0 Å². The summed E-state index contributed by atoms with van der Waals surface area (Å²) in [6.45, 7) is 15.5. The molecular weight excluding hydrogens is 428 g/mol. The van der Waals surface area contributed by atoms with Crippen molar-refractivity contribution in [2.24, 2.45) is 5.41 Å². The van der Waals surface area contributed by atoms with E-state index in [0.717, 1.165) is 18.7 Å². The number of hydrogen-bond acceptors (Lipinski definition) is 7. The molecule has 1 atom stereocenters. The second-order valence-electron chi connectivity index (χ2n) is 11.0. The lowest BCUT2D eigenvalue weighted by Gasteiger charge is -2.58. The van der Waals surface area contributed by atoms with Crippen LogP contribution in [0.5, 0.6) is 0 Å². The number of benzene rings is 1. The molecule has 1 saturated heterocycles. The zero-order valence-corrected chi connectivity index (χ0v) is 21.2. The van der Waals surface area contributed by atoms with Gasteiger partial charge in [0.05, 0.1) is 0 Å². The number of aromatic nitrogens is 3. The number of aliphatic hydroxyl groups is 2. The van der Waals surface area contributed by atoms with Gasteiger partial charge in [0.1, 0.15) is 11.2 Å². The van der Waals surface area contributed by atoms with Gasteiger partial charge in [0.25, 0.3) is 5.89 Å². The number of hydrogen-bond donors (Lipinski definition) is 2. The molecule has 2 N–H and O–H groups in total. The van der Waals surface area contributed by atoms with Gasteiger partial charge in [-0.15, -0.1) is 0 Å². The Kier molecular flexibility index (Phi) is 6.17. The molecule has 0 saturated carbocycles. The topological polar surface area (TPSA) is 95.5 Å². The Morgan fingerprint density at radius 1 is 1.00 bits per heavy atom. The predicted octanol–water partition coefficient (Wildman–Crippen LogP) is 4.45. The van der Waals surface area contributed by atoms with Gasteiger partial charge in [-0.05, 0) is 50.8 Å². The lowest BCUT2D eigenvalue weighted by Crippen LogP contribution is -2.66. The highest BCUT2D eigenvalue weighted by Crippen LogP contribution is 2.51. The van der Waals surface area contributed by atoms with Gasteiger partial charge in [-0.25, -0.2) is 0 Å². The molecule has 7 heteroatoms. The summed E-state index contributed by atoms with van der Waals surface area (Å²) in [4.78, 5) is 11.2. The number of pyridine rings is 1. The standard InChI is InChI=1S/C27H36N4O3/c1-17(2)19-8-10-21(11-9-19)27(33,26(7)15-31(16-26)18(3)4)22-12-20(13-28-14-22)23-29-24(34-30-23)25(5,6)32/h8-14,17-18,32-33H,15-16H2,1-7H3. The van der Waals surface area contributed by atoms with Gasteiger partial charge in [-0.2, -0.15) is 4.98 Å². The maximum absolute atomic E-state index is 12.5. The molecule has 34 heavy (non-hydrogen) atoms. The van der Waals surface area contributed by atoms with Crippen molar-refractivity contribution in [3.63, 3.8) is 0 Å². The Labute approximate surface area is 201 Å². The van der Waals surface area contributed by atoms with E-state index >= 15 is 0 Å². The third-order valence-electron chi connectivity index (χ3n) is 7.07. The normalized spacial score (nSPS) is 18.2. The second kappa shape index (κ2) is 8.56. The first-order valence-corrected chi connectivity index (χ1v) is 11.9. The van der Waals surface area contributed by atoms with Crippen LogP contribution in [0, 0.1) is 5.41 Å². The van der Waals surface area contributed by atoms with Crippen LogP contribution in [0.25, 0.3) is 11.4 Å². The van der Waals surface area contributed by atoms with E-state index in [1.54, 1.807) is 26.2 Å². The first kappa shape index (κ1) is 24.5. The summed E-state index contributed by atoms with van der Waals surface area (Å²) in [6.07, 6.45) is 3.37. The minimum atomic E-state index is -1.26. The molecule has 0 bridgehead atoms. The van der Waals surface area contributed by atoms with Crippen molar-refractivity contribution in [2.75, 3.05) is 13.1 Å². The van der Waals surface area contributed by atoms with Crippen LogP contribution in [0.15, 0.2) is 47.2 Å². The van der Waals surface area contributed by atoms with Gasteiger partial charge in [0.15, 0.2) is 0 Å². The first-order valence-electron chi connectivity index (χ1n) is 11.9. The number of rotatable bonds is 7. The summed E-state index contributed by atoms with van der Waals surface area (Å²) in [7, 11) is 0. The zero-order chi connectivity index (χ0) is 24.9. The molecule has 182 valence electrons. The molecule has 1 aliphatic rings. The van der Waals surface area contributed by atoms with Crippen molar-refractivity contribution in [2.45, 2.75) is 71.6 Å². The Morgan fingerprint density at radius 2 is 1.65 bits per heavy atom. The van der Waals surface area contributed by atoms with Crippen molar-refractivity contribution < 1.29 is 14.7 Å². The quantitative estimate of drug-likeness (QED) is 0.533. The predicted molar refractivity (Wildman–Crippen MR) is 131 cm³/mol. The van der Waals surface area contributed by atoms with E-state index in [1.165, 1.54) is 5.56 Å². The van der Waals surface area contributed by atoms with Crippen LogP contribution in [-0.2, 0) is 11.2 Å². The molecule has 0 spiro atoms. The molecule has 1 aliphatic heterocycles. The maximum Gasteiger partial charge on any atom is 0.258 e. The lowest BCUT2D eigenvalue weighted by atomic mass is 9.61. The fourth-order valence-electron chi connectivity index (χ4n) is 4.77. The van der Waals surface area contributed by atoms with Gasteiger partial charge in [-0.3, -0.25) is 9.88 Å². The summed E-state index contributed by atoms with van der Waals surface area (Å²) in [5, 5.41) is 26.7. The molecule has 1 unspecified atom stereocenters. The summed E-state index contributed by atoms with van der Waals surface area (Å²) in [5.41, 5.74) is 0.458. The summed E-state index contributed by atoms with van der Waals surface area (Å²) < 4.78 is 5.26. The molecule has 1 aromatic carbocycles. The van der Waals surface area contributed by atoms with Crippen LogP contribution in [-0.4, -0.2) is 49.4 Å². The smallest absolute Gasteiger partial charge is 0.258 e. The summed E-state index contributed by atoms with van der Waals surface area (Å²) in [6, 6.07) is 10.5. The molecule has 7 nitrogen and oxygen atoms in total. The number of likely N-dealkylation sites (tertiary alicyclic amines) is 1. The molecular formula is C27H36N4O3. The highest BCUT2D eigenvalue weighted by Gasteiger charge is 2.56. The van der Waals surface area contributed by atoms with Crippen molar-refractivity contribution >= 4 is 0 Å². The lowest BCUT2D eigenvalue weighted by molar-refractivity contribution is -0.144. The van der Waals surface area contributed by atoms with Crippen molar-refractivity contribution in [3.8, 4) is 11.4 Å². The van der Waals surface area contributed by atoms with Crippen molar-refractivity contribution in [3.05, 3.63) is 65.3 Å². The third-order valence-corrected chi connectivity index (χ3v) is 7.07. The van der Waals surface area contributed by atoms with Crippen LogP contribution in [0.4, 0.5) is 0 Å². The van der Waals surface area contributed by atoms with Gasteiger partial charge in [0, 0.05) is 48.1 Å². The average molecular weight is 465 g/mol. The SMILES string of the molecule is CC(C)c1ccc(C(O)(c2cncc(-c3noc(C(C)(C)O)n3)c2)C2(C)CN(C(C)C)C2)cc1. The minimum Gasteiger partial charge on any atom is -0.381 e. The van der Waals surface area contributed by atoms with Crippen LogP contribution in [0.3, 0.4) is 0 Å². The summed E-state index contributed by atoms with van der Waals surface area (Å²) in [5.74, 6) is 0.864. The highest BCUT2D eigenvalue weighted by atomic mass is 16.5. The van der Waals surface area contributed by atoms with Gasteiger partial charge < -0.3 is 14.7 Å². The van der Waals surface area contributed by atoms with Gasteiger partial charge >= 0.3 is 0 Å². The maximum atomic E-state index is 12.5. The molecule has 3 aromatic rings. The Morgan fingerprint density at radius 3 is 2.18 bits per heavy atom. The third kappa shape index (κ3) is 4.17. The molecule has 0 amide bonds. The highest BCUT2D eigenvalue weighted by molar-refractivity contribution is 5.56. The van der Waals surface area contributed by atoms with E-state index < -0.39 is 16.6 Å². The average Bonchev–Trinajstić information content (AvgIpc) is 3.27. The molecule has 0 radical (unpaired) electrons. The Hall–Kier alpha value is -2.61. The van der Waals surface area contributed by atoms with Gasteiger partial charge in [-0.1, -0.05) is 50.2 Å². The molecule has 2 aromatic heterocycles. The second-order valence-corrected chi connectivity index (χ2v) is 11.0. The van der Waals surface area contributed by atoms with Crippen molar-refractivity contribution in [1.29, 1.82) is 0 Å². The monoisotopic (exact) mass is 464 g/mol. The largest absolute Gasteiger partial charge is 0.381 e. The fourth-order valence-corrected chi connectivity index (χ4v) is 4.77. The van der Waals surface area contributed by atoms with Crippen LogP contribution < -0.4 is 0 Å². The first-order chi connectivity index (χ1) is 15.8. The van der Waals surface area contributed by atoms with E-state index in [2.05, 4.69) is 66.8 Å². The van der Waals surface area contributed by atoms with Crippen LogP contribution in [0.2, 0.25) is 0 Å². The molecule has 3 heterocycles. The van der Waals surface area contributed by atoms with Gasteiger partial charge in [0.2, 0.25) is 5.82 Å². The van der Waals surface area contributed by atoms with Crippen LogP contribution >= 0.6 is 0 Å². The fraction of sp³-hybridized carbons (Fsp3) is 0.519. The number of nitrogens with zero attached hydrogens (tertiary/aromatic N) is 4. The van der Waals surface area contributed by atoms with Crippen LogP contribution in [0.1, 0.15) is 77.0 Å².